The van der Waals surface area contributed by atoms with Crippen LogP contribution in [-0.4, -0.2) is 36.7 Å². The Morgan fingerprint density at radius 2 is 2.24 bits per heavy atom. The van der Waals surface area contributed by atoms with Crippen LogP contribution in [0.15, 0.2) is 18.3 Å². The molecule has 1 aromatic rings. The number of hydrogen-bond donors (Lipinski definition) is 1. The van der Waals surface area contributed by atoms with Gasteiger partial charge in [0.1, 0.15) is 0 Å². The van der Waals surface area contributed by atoms with Crippen molar-refractivity contribution in [1.29, 1.82) is 0 Å². The smallest absolute Gasteiger partial charge is 0.168 e. The van der Waals surface area contributed by atoms with E-state index in [0.717, 1.165) is 11.6 Å². The second kappa shape index (κ2) is 8.14. The van der Waals surface area contributed by atoms with E-state index >= 15 is 0 Å². The van der Waals surface area contributed by atoms with Crippen LogP contribution in [0.3, 0.4) is 0 Å². The molecule has 0 saturated heterocycles. The number of nitrogens with zero attached hydrogens (tertiary/aromatic N) is 1. The van der Waals surface area contributed by atoms with Gasteiger partial charge in [-0.1, -0.05) is 0 Å². The van der Waals surface area contributed by atoms with Crippen LogP contribution >= 0.6 is 11.6 Å². The topological polar surface area (TPSA) is 43.4 Å². The molecule has 0 fully saturated rings. The standard InChI is InChI=1S/C12H19ClN2O2/c1-10(2)17-11-4-3-6-14-12(11)15-7-9-16-8-5-13/h3-4,6,10H,5,7-9H2,1-2H3,(H,14,15). The number of alkyl halides is 1. The highest BCUT2D eigenvalue weighted by molar-refractivity contribution is 6.17. The minimum Gasteiger partial charge on any atom is -0.487 e. The van der Waals surface area contributed by atoms with Crippen LogP contribution in [0.25, 0.3) is 0 Å². The summed E-state index contributed by atoms with van der Waals surface area (Å²) in [6.45, 7) is 5.83. The zero-order chi connectivity index (χ0) is 12.5. The molecule has 1 heterocycles. The molecule has 0 atom stereocenters. The Morgan fingerprint density at radius 3 is 2.94 bits per heavy atom. The molecular weight excluding hydrogens is 240 g/mol. The van der Waals surface area contributed by atoms with Crippen LogP contribution in [0.1, 0.15) is 13.8 Å². The Labute approximate surface area is 107 Å². The van der Waals surface area contributed by atoms with E-state index < -0.39 is 0 Å². The second-order valence-electron chi connectivity index (χ2n) is 3.74. The largest absolute Gasteiger partial charge is 0.487 e. The lowest BCUT2D eigenvalue weighted by Crippen LogP contribution is -2.14. The Balaban J connectivity index is 2.40. The molecule has 0 radical (unpaired) electrons. The van der Waals surface area contributed by atoms with Crippen molar-refractivity contribution in [2.24, 2.45) is 0 Å². The first-order chi connectivity index (χ1) is 8.24. The average molecular weight is 259 g/mol. The van der Waals surface area contributed by atoms with E-state index in [1.807, 2.05) is 26.0 Å². The zero-order valence-corrected chi connectivity index (χ0v) is 11.0. The molecule has 0 amide bonds. The van der Waals surface area contributed by atoms with E-state index in [0.29, 0.717) is 25.6 Å². The van der Waals surface area contributed by atoms with Gasteiger partial charge in [-0.2, -0.15) is 0 Å². The first kappa shape index (κ1) is 14.1. The molecule has 0 bridgehead atoms. The van der Waals surface area contributed by atoms with E-state index in [4.69, 9.17) is 21.1 Å². The average Bonchev–Trinajstić information content (AvgIpc) is 2.30. The molecule has 4 nitrogen and oxygen atoms in total. The molecule has 0 spiro atoms. The first-order valence-electron chi connectivity index (χ1n) is 5.73. The first-order valence-corrected chi connectivity index (χ1v) is 6.26. The lowest BCUT2D eigenvalue weighted by molar-refractivity contribution is 0.159. The van der Waals surface area contributed by atoms with Gasteiger partial charge in [0.15, 0.2) is 11.6 Å². The summed E-state index contributed by atoms with van der Waals surface area (Å²) in [4.78, 5) is 4.23. The predicted octanol–water partition coefficient (Wildman–Crippen LogP) is 2.54. The third-order valence-corrected chi connectivity index (χ3v) is 2.05. The van der Waals surface area contributed by atoms with Gasteiger partial charge in [-0.3, -0.25) is 0 Å². The number of rotatable bonds is 8. The molecule has 1 rings (SSSR count). The summed E-state index contributed by atoms with van der Waals surface area (Å²) in [5.74, 6) is 2.03. The maximum absolute atomic E-state index is 5.64. The highest BCUT2D eigenvalue weighted by Crippen LogP contribution is 2.21. The molecule has 0 aliphatic carbocycles. The summed E-state index contributed by atoms with van der Waals surface area (Å²) >= 11 is 5.50. The molecule has 17 heavy (non-hydrogen) atoms. The van der Waals surface area contributed by atoms with Crippen molar-refractivity contribution in [2.45, 2.75) is 20.0 Å². The minimum absolute atomic E-state index is 0.132. The van der Waals surface area contributed by atoms with E-state index in [9.17, 15) is 0 Å². The monoisotopic (exact) mass is 258 g/mol. The van der Waals surface area contributed by atoms with Gasteiger partial charge < -0.3 is 14.8 Å². The van der Waals surface area contributed by atoms with E-state index in [2.05, 4.69) is 10.3 Å². The molecule has 5 heteroatoms. The summed E-state index contributed by atoms with van der Waals surface area (Å²) in [5, 5.41) is 3.17. The highest BCUT2D eigenvalue weighted by atomic mass is 35.5. The normalized spacial score (nSPS) is 10.6. The van der Waals surface area contributed by atoms with Crippen LogP contribution in [0.2, 0.25) is 0 Å². The number of hydrogen-bond acceptors (Lipinski definition) is 4. The number of aromatic nitrogens is 1. The van der Waals surface area contributed by atoms with Crippen molar-refractivity contribution in [2.75, 3.05) is 31.0 Å². The Hall–Kier alpha value is -1.00. The maximum Gasteiger partial charge on any atom is 0.168 e. The molecular formula is C12H19ClN2O2. The lowest BCUT2D eigenvalue weighted by Gasteiger charge is -2.14. The molecule has 0 aliphatic heterocycles. The van der Waals surface area contributed by atoms with Gasteiger partial charge in [-0.05, 0) is 26.0 Å². The fourth-order valence-corrected chi connectivity index (χ4v) is 1.38. The summed E-state index contributed by atoms with van der Waals surface area (Å²) in [5.41, 5.74) is 0. The Morgan fingerprint density at radius 1 is 1.41 bits per heavy atom. The van der Waals surface area contributed by atoms with Gasteiger partial charge >= 0.3 is 0 Å². The maximum atomic E-state index is 5.64. The van der Waals surface area contributed by atoms with E-state index in [1.165, 1.54) is 0 Å². The van der Waals surface area contributed by atoms with Gasteiger partial charge in [0.25, 0.3) is 0 Å². The molecule has 0 aromatic carbocycles. The molecule has 0 saturated carbocycles. The molecule has 0 aliphatic rings. The molecule has 1 N–H and O–H groups in total. The number of anilines is 1. The van der Waals surface area contributed by atoms with Crippen LogP contribution in [0.4, 0.5) is 5.82 Å². The third-order valence-electron chi connectivity index (χ3n) is 1.89. The van der Waals surface area contributed by atoms with Crippen molar-refractivity contribution in [1.82, 2.24) is 4.98 Å². The molecule has 1 aromatic heterocycles. The fourth-order valence-electron chi connectivity index (χ4n) is 1.27. The zero-order valence-electron chi connectivity index (χ0n) is 10.3. The number of pyridine rings is 1. The van der Waals surface area contributed by atoms with Gasteiger partial charge in [-0.25, -0.2) is 4.98 Å². The predicted molar refractivity (Wildman–Crippen MR) is 70.0 cm³/mol. The Kier molecular flexibility index (Phi) is 6.74. The van der Waals surface area contributed by atoms with Gasteiger partial charge in [-0.15, -0.1) is 11.6 Å². The van der Waals surface area contributed by atoms with Gasteiger partial charge in [0.05, 0.1) is 19.3 Å². The van der Waals surface area contributed by atoms with Crippen molar-refractivity contribution < 1.29 is 9.47 Å². The van der Waals surface area contributed by atoms with Crippen molar-refractivity contribution in [3.63, 3.8) is 0 Å². The number of halogens is 1. The summed E-state index contributed by atoms with van der Waals surface area (Å²) in [6.07, 6.45) is 1.86. The summed E-state index contributed by atoms with van der Waals surface area (Å²) in [7, 11) is 0. The van der Waals surface area contributed by atoms with Crippen LogP contribution in [0.5, 0.6) is 5.75 Å². The summed E-state index contributed by atoms with van der Waals surface area (Å²) in [6, 6.07) is 3.75. The van der Waals surface area contributed by atoms with Crippen molar-refractivity contribution >= 4 is 17.4 Å². The SMILES string of the molecule is CC(C)Oc1cccnc1NCCOCCCl. The van der Waals surface area contributed by atoms with E-state index in [1.54, 1.807) is 6.20 Å². The summed E-state index contributed by atoms with van der Waals surface area (Å²) < 4.78 is 10.9. The number of nitrogens with one attached hydrogen (secondary N) is 1. The lowest BCUT2D eigenvalue weighted by atomic mass is 10.4. The van der Waals surface area contributed by atoms with E-state index in [-0.39, 0.29) is 6.10 Å². The van der Waals surface area contributed by atoms with Crippen molar-refractivity contribution in [3.05, 3.63) is 18.3 Å². The van der Waals surface area contributed by atoms with Gasteiger partial charge in [0, 0.05) is 18.6 Å². The highest BCUT2D eigenvalue weighted by Gasteiger charge is 2.05. The third kappa shape index (κ3) is 5.75. The quantitative estimate of drug-likeness (QED) is 0.575. The Bertz CT molecular complexity index is 321. The molecule has 96 valence electrons. The van der Waals surface area contributed by atoms with Crippen LogP contribution < -0.4 is 10.1 Å². The number of ether oxygens (including phenoxy) is 2. The van der Waals surface area contributed by atoms with Crippen molar-refractivity contribution in [3.8, 4) is 5.75 Å². The second-order valence-corrected chi connectivity index (χ2v) is 4.12. The fraction of sp³-hybridized carbons (Fsp3) is 0.583. The van der Waals surface area contributed by atoms with Crippen LogP contribution in [0, 0.1) is 0 Å². The van der Waals surface area contributed by atoms with Gasteiger partial charge in [0.2, 0.25) is 0 Å². The minimum atomic E-state index is 0.132. The van der Waals surface area contributed by atoms with Crippen LogP contribution in [-0.2, 0) is 4.74 Å². The molecule has 0 unspecified atom stereocenters.